The summed E-state index contributed by atoms with van der Waals surface area (Å²) in [4.78, 5) is 18.6. The van der Waals surface area contributed by atoms with E-state index in [1.165, 1.54) is 16.3 Å². The Morgan fingerprint density at radius 3 is 2.73 bits per heavy atom. The number of aryl methyl sites for hydroxylation is 1. The minimum atomic E-state index is -0.200. The van der Waals surface area contributed by atoms with E-state index in [1.54, 1.807) is 29.7 Å². The van der Waals surface area contributed by atoms with Crippen molar-refractivity contribution in [1.29, 1.82) is 0 Å². The zero-order valence-corrected chi connectivity index (χ0v) is 15.6. The summed E-state index contributed by atoms with van der Waals surface area (Å²) in [6.45, 7) is 2.04. The number of carbonyl (C=O) groups excluding carboxylic acids is 1. The fourth-order valence-electron chi connectivity index (χ4n) is 2.48. The normalized spacial score (nSPS) is 11.3. The van der Waals surface area contributed by atoms with Gasteiger partial charge in [0.15, 0.2) is 0 Å². The maximum absolute atomic E-state index is 13.0. The van der Waals surface area contributed by atoms with E-state index in [0.29, 0.717) is 10.7 Å². The predicted octanol–water partition coefficient (Wildman–Crippen LogP) is 5.35. The van der Waals surface area contributed by atoms with Gasteiger partial charge in [0.1, 0.15) is 0 Å². The van der Waals surface area contributed by atoms with Crippen molar-refractivity contribution in [1.82, 2.24) is 4.98 Å². The van der Waals surface area contributed by atoms with Gasteiger partial charge in [-0.3, -0.25) is 4.79 Å². The van der Waals surface area contributed by atoms with Gasteiger partial charge in [0, 0.05) is 10.4 Å². The highest BCUT2D eigenvalue weighted by molar-refractivity contribution is 7.22. The topological polar surface area (TPSA) is 45.6 Å². The molecule has 128 valence electrons. The van der Waals surface area contributed by atoms with E-state index in [9.17, 15) is 4.79 Å². The Hall–Kier alpha value is -2.83. The molecule has 0 atom stereocenters. The van der Waals surface area contributed by atoms with E-state index in [1.807, 2.05) is 54.8 Å². The van der Waals surface area contributed by atoms with Crippen molar-refractivity contribution >= 4 is 50.1 Å². The number of thiophene rings is 1. The number of nitrogens with zero attached hydrogens (tertiary/aromatic N) is 3. The monoisotopic (exact) mass is 377 g/mol. The summed E-state index contributed by atoms with van der Waals surface area (Å²) in [5.74, 6) is -0.200. The van der Waals surface area contributed by atoms with Crippen LogP contribution in [-0.2, 0) is 0 Å². The van der Waals surface area contributed by atoms with Crippen molar-refractivity contribution in [2.24, 2.45) is 5.10 Å². The molecule has 0 bridgehead atoms. The Morgan fingerprint density at radius 2 is 1.96 bits per heavy atom. The SMILES string of the molecule is Cc1ccc2nc(N(/N=C\c3cccs3)C(=O)c3ccccc3)sc2c1. The van der Waals surface area contributed by atoms with Crippen LogP contribution in [0.4, 0.5) is 5.13 Å². The molecule has 0 radical (unpaired) electrons. The van der Waals surface area contributed by atoms with Gasteiger partial charge in [-0.15, -0.1) is 11.3 Å². The molecule has 26 heavy (non-hydrogen) atoms. The number of rotatable bonds is 4. The first-order chi connectivity index (χ1) is 12.7. The van der Waals surface area contributed by atoms with Crippen molar-refractivity contribution in [3.63, 3.8) is 0 Å². The zero-order valence-electron chi connectivity index (χ0n) is 14.0. The number of anilines is 1. The molecule has 0 N–H and O–H groups in total. The molecule has 0 saturated heterocycles. The first-order valence-electron chi connectivity index (χ1n) is 8.05. The van der Waals surface area contributed by atoms with Crippen molar-refractivity contribution < 1.29 is 4.79 Å². The summed E-state index contributed by atoms with van der Waals surface area (Å²) in [7, 11) is 0. The summed E-state index contributed by atoms with van der Waals surface area (Å²) in [5.41, 5.74) is 2.61. The average molecular weight is 377 g/mol. The first kappa shape index (κ1) is 16.6. The van der Waals surface area contributed by atoms with Gasteiger partial charge in [0.05, 0.1) is 16.4 Å². The van der Waals surface area contributed by atoms with Crippen LogP contribution in [0, 0.1) is 6.92 Å². The molecule has 0 aliphatic heterocycles. The molecule has 0 saturated carbocycles. The second-order valence-electron chi connectivity index (χ2n) is 5.71. The van der Waals surface area contributed by atoms with Crippen LogP contribution in [-0.4, -0.2) is 17.1 Å². The van der Waals surface area contributed by atoms with Crippen LogP contribution in [0.25, 0.3) is 10.2 Å². The number of hydrogen-bond donors (Lipinski definition) is 0. The van der Waals surface area contributed by atoms with E-state index in [0.717, 1.165) is 20.7 Å². The lowest BCUT2D eigenvalue weighted by Gasteiger charge is -2.13. The quantitative estimate of drug-likeness (QED) is 0.356. The summed E-state index contributed by atoms with van der Waals surface area (Å²) in [6, 6.07) is 19.1. The van der Waals surface area contributed by atoms with Crippen molar-refractivity contribution in [2.75, 3.05) is 5.01 Å². The Bertz CT molecular complexity index is 1070. The fourth-order valence-corrected chi connectivity index (χ4v) is 4.08. The zero-order chi connectivity index (χ0) is 17.9. The van der Waals surface area contributed by atoms with Crippen LogP contribution < -0.4 is 5.01 Å². The number of hydrazone groups is 1. The number of benzene rings is 2. The Morgan fingerprint density at radius 1 is 1.12 bits per heavy atom. The number of hydrogen-bond acceptors (Lipinski definition) is 5. The molecule has 4 aromatic rings. The largest absolute Gasteiger partial charge is 0.280 e. The smallest absolute Gasteiger partial charge is 0.267 e. The minimum Gasteiger partial charge on any atom is -0.267 e. The molecular weight excluding hydrogens is 362 g/mol. The number of carbonyl (C=O) groups is 1. The highest BCUT2D eigenvalue weighted by atomic mass is 32.1. The van der Waals surface area contributed by atoms with E-state index in [4.69, 9.17) is 0 Å². The molecule has 2 aromatic heterocycles. The molecule has 0 fully saturated rings. The third-order valence-electron chi connectivity index (χ3n) is 3.77. The second kappa shape index (κ2) is 7.19. The Labute approximate surface area is 159 Å². The Kier molecular flexibility index (Phi) is 4.60. The van der Waals surface area contributed by atoms with E-state index in [2.05, 4.69) is 16.2 Å². The molecule has 2 heterocycles. The third kappa shape index (κ3) is 3.42. The van der Waals surface area contributed by atoms with E-state index < -0.39 is 0 Å². The van der Waals surface area contributed by atoms with Gasteiger partial charge in [-0.2, -0.15) is 10.1 Å². The minimum absolute atomic E-state index is 0.200. The van der Waals surface area contributed by atoms with Gasteiger partial charge in [-0.1, -0.05) is 41.7 Å². The number of amides is 1. The summed E-state index contributed by atoms with van der Waals surface area (Å²) in [6.07, 6.45) is 1.70. The highest BCUT2D eigenvalue weighted by Crippen LogP contribution is 2.30. The molecule has 0 spiro atoms. The fraction of sp³-hybridized carbons (Fsp3) is 0.0500. The molecule has 0 unspecified atom stereocenters. The lowest BCUT2D eigenvalue weighted by atomic mass is 10.2. The van der Waals surface area contributed by atoms with Crippen LogP contribution >= 0.6 is 22.7 Å². The number of fused-ring (bicyclic) bond motifs is 1. The molecule has 0 aliphatic carbocycles. The maximum atomic E-state index is 13.0. The summed E-state index contributed by atoms with van der Waals surface area (Å²) in [5, 5.41) is 8.37. The van der Waals surface area contributed by atoms with Gasteiger partial charge >= 0.3 is 0 Å². The number of thiazole rings is 1. The van der Waals surface area contributed by atoms with Crippen molar-refractivity contribution in [2.45, 2.75) is 6.92 Å². The van der Waals surface area contributed by atoms with Gasteiger partial charge < -0.3 is 0 Å². The predicted molar refractivity (Wildman–Crippen MR) is 110 cm³/mol. The molecule has 4 nitrogen and oxygen atoms in total. The molecule has 0 aliphatic rings. The Balaban J connectivity index is 1.77. The molecule has 6 heteroatoms. The average Bonchev–Trinajstić information content (AvgIpc) is 3.31. The van der Waals surface area contributed by atoms with Crippen LogP contribution in [0.3, 0.4) is 0 Å². The third-order valence-corrected chi connectivity index (χ3v) is 5.57. The van der Waals surface area contributed by atoms with Gasteiger partial charge in [0.2, 0.25) is 5.13 Å². The van der Waals surface area contributed by atoms with Crippen molar-refractivity contribution in [3.05, 3.63) is 82.0 Å². The molecule has 4 rings (SSSR count). The van der Waals surface area contributed by atoms with Crippen LogP contribution in [0.1, 0.15) is 20.8 Å². The van der Waals surface area contributed by atoms with Crippen LogP contribution in [0.5, 0.6) is 0 Å². The number of aromatic nitrogens is 1. The molecule has 2 aromatic carbocycles. The second-order valence-corrected chi connectivity index (χ2v) is 7.70. The lowest BCUT2D eigenvalue weighted by Crippen LogP contribution is -2.25. The van der Waals surface area contributed by atoms with E-state index >= 15 is 0 Å². The van der Waals surface area contributed by atoms with Gasteiger partial charge in [-0.05, 0) is 48.2 Å². The molecule has 1 amide bonds. The van der Waals surface area contributed by atoms with Gasteiger partial charge in [-0.25, -0.2) is 4.98 Å². The summed E-state index contributed by atoms with van der Waals surface area (Å²) >= 11 is 3.03. The molecular formula is C20H15N3OS2. The van der Waals surface area contributed by atoms with Crippen LogP contribution in [0.2, 0.25) is 0 Å². The van der Waals surface area contributed by atoms with E-state index in [-0.39, 0.29) is 5.91 Å². The highest BCUT2D eigenvalue weighted by Gasteiger charge is 2.20. The van der Waals surface area contributed by atoms with Crippen molar-refractivity contribution in [3.8, 4) is 0 Å². The van der Waals surface area contributed by atoms with Gasteiger partial charge in [0.25, 0.3) is 5.91 Å². The summed E-state index contributed by atoms with van der Waals surface area (Å²) < 4.78 is 1.04. The maximum Gasteiger partial charge on any atom is 0.280 e. The van der Waals surface area contributed by atoms with Crippen LogP contribution in [0.15, 0.2) is 71.1 Å². The lowest BCUT2D eigenvalue weighted by molar-refractivity contribution is 0.0988. The standard InChI is InChI=1S/C20H15N3OS2/c1-14-9-10-17-18(12-14)26-20(22-17)23(21-13-16-8-5-11-25-16)19(24)15-6-3-2-4-7-15/h2-13H,1H3/b21-13-. The first-order valence-corrected chi connectivity index (χ1v) is 9.74.